The number of fused-ring (bicyclic) bond motifs is 7. The van der Waals surface area contributed by atoms with Gasteiger partial charge in [-0.05, 0) is 85.4 Å². The lowest BCUT2D eigenvalue weighted by Crippen LogP contribution is -2.67. The molecule has 68 heavy (non-hydrogen) atoms. The highest BCUT2D eigenvalue weighted by molar-refractivity contribution is 6.18. The molecule has 4 aliphatic heterocycles. The van der Waals surface area contributed by atoms with E-state index in [0.717, 1.165) is 59.3 Å². The van der Waals surface area contributed by atoms with Crippen molar-refractivity contribution >= 4 is 58.8 Å². The molecule has 17 nitrogen and oxygen atoms in total. The highest BCUT2D eigenvalue weighted by Crippen LogP contribution is 2.70. The van der Waals surface area contributed by atoms with E-state index in [4.69, 9.17) is 75.3 Å². The van der Waals surface area contributed by atoms with Crippen molar-refractivity contribution < 1.29 is 80.9 Å². The number of carbonyl (C=O) groups excluding carboxylic acids is 6. The van der Waals surface area contributed by atoms with Gasteiger partial charge in [0.2, 0.25) is 0 Å². The summed E-state index contributed by atoms with van der Waals surface area (Å²) in [6.45, 7) is 15.6. The van der Waals surface area contributed by atoms with Crippen LogP contribution in [0.1, 0.15) is 120 Å². The molecular formula is C49H70Cl2O17. The summed E-state index contributed by atoms with van der Waals surface area (Å²) in [5.74, 6) is -2.89. The Bertz CT molecular complexity index is 1930. The molecule has 0 aromatic heterocycles. The highest BCUT2D eigenvalue weighted by Gasteiger charge is 2.71. The lowest BCUT2D eigenvalue weighted by Gasteiger charge is -2.60. The summed E-state index contributed by atoms with van der Waals surface area (Å²) in [5.41, 5.74) is -0.412. The van der Waals surface area contributed by atoms with Crippen molar-refractivity contribution in [2.75, 3.05) is 18.4 Å². The molecule has 0 aromatic rings. The molecule has 0 radical (unpaired) electrons. The van der Waals surface area contributed by atoms with E-state index in [2.05, 4.69) is 27.7 Å². The first-order chi connectivity index (χ1) is 32.1. The van der Waals surface area contributed by atoms with Gasteiger partial charge in [-0.25, -0.2) is 0 Å². The second kappa shape index (κ2) is 20.1. The standard InChI is InChI=1S/C49H70Cl2O17/c1-22-12-15-49(58-21-22)23(2)37-34(68-49)17-32-31-11-10-29-16-30(13-14-47(29,8)38(31)33(57)18-48(32,37)9)64-45-43(62-27(6)55)42(61-26(5)54)40(36(20-51)65-45)67-46-44(63-28(7)56)41(60-25(4)53)39(59-24(3)52)35(19-50)66-46/h22-23,29-32,34-46H,10-21H2,1-9H3/t22-,23?,29+,30+,31+,32+,34?,35-,36-,37?,38-,39-,40-,41+,42+,43-,44-,45-,46+,47+,48+,49-/m1/s1. The summed E-state index contributed by atoms with van der Waals surface area (Å²) in [4.78, 5) is 77.6. The van der Waals surface area contributed by atoms with Gasteiger partial charge >= 0.3 is 29.8 Å². The second-order valence-electron chi connectivity index (χ2n) is 21.5. The van der Waals surface area contributed by atoms with Gasteiger partial charge in [0.25, 0.3) is 0 Å². The molecule has 1 spiro atoms. The van der Waals surface area contributed by atoms with Crippen LogP contribution in [0.2, 0.25) is 0 Å². The summed E-state index contributed by atoms with van der Waals surface area (Å²) in [5, 5.41) is 0. The molecule has 22 atom stereocenters. The number of hydrogen-bond donors (Lipinski definition) is 0. The molecule has 0 amide bonds. The van der Waals surface area contributed by atoms with Crippen molar-refractivity contribution in [1.82, 2.24) is 0 Å². The van der Waals surface area contributed by atoms with E-state index in [-0.39, 0.29) is 64.4 Å². The van der Waals surface area contributed by atoms with Crippen LogP contribution in [0.15, 0.2) is 0 Å². The molecule has 4 saturated heterocycles. The van der Waals surface area contributed by atoms with Gasteiger partial charge in [-0.15, -0.1) is 23.2 Å². The number of carbonyl (C=O) groups is 6. The monoisotopic (exact) mass is 1000 g/mol. The molecule has 0 bridgehead atoms. The molecule has 0 N–H and O–H groups in total. The van der Waals surface area contributed by atoms with Gasteiger partial charge in [0.1, 0.15) is 24.1 Å². The maximum atomic E-state index is 14.8. The molecule has 8 aliphatic rings. The Balaban J connectivity index is 1.00. The van der Waals surface area contributed by atoms with E-state index in [1.807, 2.05) is 0 Å². The topological polar surface area (TPSA) is 204 Å². The van der Waals surface area contributed by atoms with E-state index in [1.54, 1.807) is 0 Å². The lowest BCUT2D eigenvalue weighted by atomic mass is 9.44. The van der Waals surface area contributed by atoms with Crippen molar-refractivity contribution in [1.29, 1.82) is 0 Å². The number of alkyl halides is 2. The predicted octanol–water partition coefficient (Wildman–Crippen LogP) is 5.97. The normalized spacial score (nSPS) is 47.4. The summed E-state index contributed by atoms with van der Waals surface area (Å²) in [7, 11) is 0. The average molecular weight is 1000 g/mol. The molecule has 19 heteroatoms. The van der Waals surface area contributed by atoms with Gasteiger partial charge in [-0.2, -0.15) is 0 Å². The third kappa shape index (κ3) is 9.58. The van der Waals surface area contributed by atoms with E-state index in [1.165, 1.54) is 13.8 Å². The van der Waals surface area contributed by atoms with E-state index < -0.39 is 97.0 Å². The van der Waals surface area contributed by atoms with Crippen molar-refractivity contribution in [3.05, 3.63) is 0 Å². The molecule has 4 saturated carbocycles. The van der Waals surface area contributed by atoms with Crippen LogP contribution in [-0.2, 0) is 80.9 Å². The van der Waals surface area contributed by atoms with Crippen LogP contribution in [-0.4, -0.2) is 133 Å². The largest absolute Gasteiger partial charge is 0.456 e. The molecule has 382 valence electrons. The molecule has 0 aromatic carbocycles. The van der Waals surface area contributed by atoms with Gasteiger partial charge in [-0.3, -0.25) is 28.8 Å². The maximum absolute atomic E-state index is 14.8. The number of Topliss-reactive ketones (excluding diaryl/α,β-unsaturated/α-hetero) is 1. The zero-order valence-corrected chi connectivity index (χ0v) is 42.2. The Morgan fingerprint density at radius 1 is 0.647 bits per heavy atom. The average Bonchev–Trinajstić information content (AvgIpc) is 3.70. The van der Waals surface area contributed by atoms with Crippen LogP contribution in [0, 0.1) is 52.3 Å². The molecule has 8 fully saturated rings. The van der Waals surface area contributed by atoms with Gasteiger partial charge in [0.05, 0.1) is 30.6 Å². The zero-order valence-electron chi connectivity index (χ0n) is 40.7. The van der Waals surface area contributed by atoms with Crippen molar-refractivity contribution in [3.63, 3.8) is 0 Å². The predicted molar refractivity (Wildman–Crippen MR) is 238 cm³/mol. The number of halogens is 2. The van der Waals surface area contributed by atoms with Gasteiger partial charge in [0.15, 0.2) is 48.9 Å². The van der Waals surface area contributed by atoms with Crippen LogP contribution in [0.3, 0.4) is 0 Å². The first-order valence-electron chi connectivity index (χ1n) is 24.6. The first-order valence-corrected chi connectivity index (χ1v) is 25.6. The van der Waals surface area contributed by atoms with E-state index >= 15 is 0 Å². The van der Waals surface area contributed by atoms with Gasteiger partial charge < -0.3 is 52.1 Å². The van der Waals surface area contributed by atoms with Crippen LogP contribution in [0.25, 0.3) is 0 Å². The fraction of sp³-hybridized carbons (Fsp3) is 0.878. The Kier molecular flexibility index (Phi) is 15.3. The quantitative estimate of drug-likeness (QED) is 0.101. The van der Waals surface area contributed by atoms with Gasteiger partial charge in [-0.1, -0.05) is 27.7 Å². The van der Waals surface area contributed by atoms with Crippen LogP contribution < -0.4 is 0 Å². The number of hydrogen-bond acceptors (Lipinski definition) is 17. The summed E-state index contributed by atoms with van der Waals surface area (Å²) in [6, 6.07) is 0. The third-order valence-electron chi connectivity index (χ3n) is 17.2. The van der Waals surface area contributed by atoms with E-state index in [9.17, 15) is 28.8 Å². The molecule has 8 rings (SSSR count). The maximum Gasteiger partial charge on any atom is 0.303 e. The van der Waals surface area contributed by atoms with Crippen molar-refractivity contribution in [2.24, 2.45) is 52.3 Å². The minimum Gasteiger partial charge on any atom is -0.456 e. The summed E-state index contributed by atoms with van der Waals surface area (Å²) in [6.07, 6.45) is -6.74. The molecular weight excluding hydrogens is 931 g/mol. The molecule has 3 unspecified atom stereocenters. The fourth-order valence-electron chi connectivity index (χ4n) is 14.5. The lowest BCUT2D eigenvalue weighted by molar-refractivity contribution is -0.358. The van der Waals surface area contributed by atoms with Crippen molar-refractivity contribution in [2.45, 2.75) is 200 Å². The Morgan fingerprint density at radius 2 is 1.19 bits per heavy atom. The van der Waals surface area contributed by atoms with E-state index in [0.29, 0.717) is 43.5 Å². The van der Waals surface area contributed by atoms with Crippen molar-refractivity contribution in [3.8, 4) is 0 Å². The Labute approximate surface area is 408 Å². The Hall–Kier alpha value is -2.64. The molecule has 4 heterocycles. The fourth-order valence-corrected chi connectivity index (χ4v) is 15.0. The third-order valence-corrected chi connectivity index (χ3v) is 17.8. The number of ether oxygens (including phenoxy) is 11. The van der Waals surface area contributed by atoms with Crippen LogP contribution in [0.5, 0.6) is 0 Å². The SMILES string of the molecule is CC(=O)O[C@@H]1[C@@H](OC(C)=O)[C@H](O[C@H]2[C@H](OC(C)=O)[C@@H](OC(C)=O)[C@H](O[C@H]3CC[C@@]4(C)[C@@H](CC[C@@H]5[C@@H]4C(=O)C[C@]4(C)C6C(C[C@@H]54)O[C@]4(CC[C@@H](C)CO4)C6C)C3)O[C@@H]2CCl)O[C@H](CCl)[C@H]1OC(C)=O. The summed E-state index contributed by atoms with van der Waals surface area (Å²) < 4.78 is 67.7. The molecule has 4 aliphatic carbocycles. The number of ketones is 1. The minimum atomic E-state index is -1.61. The highest BCUT2D eigenvalue weighted by atomic mass is 35.5. The van der Waals surface area contributed by atoms with Gasteiger partial charge in [0, 0.05) is 59.3 Å². The minimum absolute atomic E-state index is 0.0808. The number of esters is 5. The van der Waals surface area contributed by atoms with Crippen LogP contribution in [0.4, 0.5) is 0 Å². The first kappa shape index (κ1) is 51.7. The smallest absolute Gasteiger partial charge is 0.303 e. The zero-order chi connectivity index (χ0) is 49.2. The number of rotatable bonds is 11. The summed E-state index contributed by atoms with van der Waals surface area (Å²) >= 11 is 12.9. The Morgan fingerprint density at radius 3 is 1.75 bits per heavy atom. The second-order valence-corrected chi connectivity index (χ2v) is 22.2. The van der Waals surface area contributed by atoms with Crippen LogP contribution >= 0.6 is 23.2 Å².